The Balaban J connectivity index is 2.41. The van der Waals surface area contributed by atoms with Gasteiger partial charge in [-0.05, 0) is 41.9 Å². The van der Waals surface area contributed by atoms with Gasteiger partial charge in [-0.3, -0.25) is 4.79 Å². The maximum Gasteiger partial charge on any atom is 0.315 e. The van der Waals surface area contributed by atoms with Crippen LogP contribution < -0.4 is 0 Å². The number of carbonyl (C=O) groups is 1. The van der Waals surface area contributed by atoms with E-state index in [9.17, 15) is 9.90 Å². The zero-order valence-electron chi connectivity index (χ0n) is 10.3. The number of rotatable bonds is 3. The molecule has 2 rings (SSSR count). The number of aliphatic carboxylic acids is 1. The lowest BCUT2D eigenvalue weighted by Gasteiger charge is -2.15. The maximum atomic E-state index is 11.2. The highest BCUT2D eigenvalue weighted by atomic mass is 79.9. The van der Waals surface area contributed by atoms with Crippen molar-refractivity contribution in [2.75, 3.05) is 0 Å². The number of carboxylic acids is 1. The Kier molecular flexibility index (Phi) is 3.99. The van der Waals surface area contributed by atoms with Crippen LogP contribution in [0, 0.1) is 0 Å². The first-order valence-electron chi connectivity index (χ1n) is 5.47. The van der Waals surface area contributed by atoms with Gasteiger partial charge in [0.15, 0.2) is 0 Å². The van der Waals surface area contributed by atoms with Crippen molar-refractivity contribution >= 4 is 44.8 Å². The number of thiazole rings is 1. The van der Waals surface area contributed by atoms with Crippen LogP contribution in [0.15, 0.2) is 28.1 Å². The normalized spacial score (nSPS) is 11.6. The lowest BCUT2D eigenvalue weighted by atomic mass is 9.90. The predicted molar refractivity (Wildman–Crippen MR) is 80.9 cm³/mol. The molecule has 0 aliphatic carbocycles. The van der Waals surface area contributed by atoms with Gasteiger partial charge < -0.3 is 5.11 Å². The van der Waals surface area contributed by atoms with Crippen LogP contribution in [0.2, 0.25) is 5.02 Å². The lowest BCUT2D eigenvalue weighted by molar-refractivity contribution is -0.142. The number of nitrogens with zero attached hydrogens (tertiary/aromatic N) is 1. The van der Waals surface area contributed by atoms with E-state index >= 15 is 0 Å². The lowest BCUT2D eigenvalue weighted by Crippen LogP contribution is -2.28. The third kappa shape index (κ3) is 2.83. The molecule has 1 heterocycles. The Hall–Kier alpha value is -0.910. The van der Waals surface area contributed by atoms with Gasteiger partial charge in [0, 0.05) is 15.4 Å². The smallest absolute Gasteiger partial charge is 0.315 e. The number of aromatic nitrogens is 1. The molecule has 0 amide bonds. The second-order valence-electron chi connectivity index (χ2n) is 4.60. The molecule has 0 fully saturated rings. The van der Waals surface area contributed by atoms with Gasteiger partial charge in [0.2, 0.25) is 0 Å². The summed E-state index contributed by atoms with van der Waals surface area (Å²) < 4.78 is 0.820. The van der Waals surface area contributed by atoms with Crippen LogP contribution >= 0.6 is 38.9 Å². The second-order valence-corrected chi connectivity index (χ2v) is 6.72. The minimum absolute atomic E-state index is 0.555. The van der Waals surface area contributed by atoms with Gasteiger partial charge in [0.25, 0.3) is 0 Å². The van der Waals surface area contributed by atoms with Crippen molar-refractivity contribution in [3.8, 4) is 10.6 Å². The number of hydrogen-bond acceptors (Lipinski definition) is 3. The fourth-order valence-corrected chi connectivity index (χ4v) is 2.84. The number of halogens is 2. The molecule has 1 aromatic carbocycles. The van der Waals surface area contributed by atoms with Crippen LogP contribution in [-0.4, -0.2) is 16.1 Å². The van der Waals surface area contributed by atoms with Gasteiger partial charge >= 0.3 is 5.97 Å². The Morgan fingerprint density at radius 3 is 2.74 bits per heavy atom. The van der Waals surface area contributed by atoms with Crippen LogP contribution in [0.4, 0.5) is 0 Å². The Morgan fingerprint density at radius 1 is 1.47 bits per heavy atom. The summed E-state index contributed by atoms with van der Waals surface area (Å²) in [5.74, 6) is -0.891. The average Bonchev–Trinajstić information content (AvgIpc) is 2.82. The summed E-state index contributed by atoms with van der Waals surface area (Å²) in [5, 5.41) is 12.3. The highest BCUT2D eigenvalue weighted by molar-refractivity contribution is 9.10. The summed E-state index contributed by atoms with van der Waals surface area (Å²) in [7, 11) is 0. The second kappa shape index (κ2) is 5.23. The van der Waals surface area contributed by atoms with Crippen molar-refractivity contribution in [1.29, 1.82) is 0 Å². The van der Waals surface area contributed by atoms with Gasteiger partial charge in [-0.2, -0.15) is 0 Å². The summed E-state index contributed by atoms with van der Waals surface area (Å²) >= 11 is 10.8. The molecule has 0 bridgehead atoms. The van der Waals surface area contributed by atoms with Gasteiger partial charge in [-0.25, -0.2) is 4.98 Å². The zero-order chi connectivity index (χ0) is 14.2. The molecule has 1 N–H and O–H groups in total. The summed E-state index contributed by atoms with van der Waals surface area (Å²) in [6.45, 7) is 3.28. The zero-order valence-corrected chi connectivity index (χ0v) is 13.4. The molecule has 1 aromatic heterocycles. The van der Waals surface area contributed by atoms with Crippen LogP contribution in [0.25, 0.3) is 10.6 Å². The topological polar surface area (TPSA) is 50.2 Å². The standard InChI is InChI=1S/C13H11BrClNO2S/c1-13(2,12(17)18)10-6-19-11(16-10)7-3-4-8(14)9(15)5-7/h3-6H,1-2H3,(H,17,18). The van der Waals surface area contributed by atoms with Crippen LogP contribution in [0.3, 0.4) is 0 Å². The largest absolute Gasteiger partial charge is 0.481 e. The van der Waals surface area contributed by atoms with E-state index in [1.165, 1.54) is 11.3 Å². The van der Waals surface area contributed by atoms with Crippen molar-refractivity contribution in [3.05, 3.63) is 38.8 Å². The molecule has 3 nitrogen and oxygen atoms in total. The molecular formula is C13H11BrClNO2S. The number of benzene rings is 1. The molecular weight excluding hydrogens is 350 g/mol. The van der Waals surface area contributed by atoms with Gasteiger partial charge in [0.05, 0.1) is 10.7 Å². The molecule has 0 unspecified atom stereocenters. The first-order valence-corrected chi connectivity index (χ1v) is 7.52. The van der Waals surface area contributed by atoms with E-state index in [4.69, 9.17) is 11.6 Å². The Bertz CT molecular complexity index is 639. The molecule has 6 heteroatoms. The molecule has 0 aliphatic heterocycles. The third-order valence-corrected chi connectivity index (χ3v) is 4.97. The quantitative estimate of drug-likeness (QED) is 0.871. The molecule has 0 aliphatic rings. The van der Waals surface area contributed by atoms with Gasteiger partial charge in [-0.15, -0.1) is 11.3 Å². The highest BCUT2D eigenvalue weighted by Gasteiger charge is 2.32. The van der Waals surface area contributed by atoms with Crippen LogP contribution in [-0.2, 0) is 10.2 Å². The van der Waals surface area contributed by atoms with Gasteiger partial charge in [-0.1, -0.05) is 17.7 Å². The van der Waals surface area contributed by atoms with E-state index in [1.54, 1.807) is 19.2 Å². The van der Waals surface area contributed by atoms with Crippen LogP contribution in [0.5, 0.6) is 0 Å². The molecule has 100 valence electrons. The summed E-state index contributed by atoms with van der Waals surface area (Å²) in [6, 6.07) is 5.55. The highest BCUT2D eigenvalue weighted by Crippen LogP contribution is 2.33. The SMILES string of the molecule is CC(C)(C(=O)O)c1csc(-c2ccc(Br)c(Cl)c2)n1. The van der Waals surface area contributed by atoms with Crippen molar-refractivity contribution < 1.29 is 9.90 Å². The summed E-state index contributed by atoms with van der Waals surface area (Å²) in [6.07, 6.45) is 0. The fraction of sp³-hybridized carbons (Fsp3) is 0.231. The van der Waals surface area contributed by atoms with E-state index in [0.29, 0.717) is 10.7 Å². The fourth-order valence-electron chi connectivity index (χ4n) is 1.43. The Morgan fingerprint density at radius 2 is 2.16 bits per heavy atom. The van der Waals surface area contributed by atoms with Crippen molar-refractivity contribution in [2.24, 2.45) is 0 Å². The van der Waals surface area contributed by atoms with Crippen molar-refractivity contribution in [1.82, 2.24) is 4.98 Å². The number of carboxylic acid groups (broad SMARTS) is 1. The van der Waals surface area contributed by atoms with Crippen LogP contribution in [0.1, 0.15) is 19.5 Å². The molecule has 19 heavy (non-hydrogen) atoms. The van der Waals surface area contributed by atoms with Gasteiger partial charge in [0.1, 0.15) is 10.4 Å². The molecule has 0 spiro atoms. The molecule has 0 atom stereocenters. The van der Waals surface area contributed by atoms with E-state index in [0.717, 1.165) is 15.0 Å². The monoisotopic (exact) mass is 359 g/mol. The average molecular weight is 361 g/mol. The Labute approximate surface area is 128 Å². The van der Waals surface area contributed by atoms with Crippen molar-refractivity contribution in [2.45, 2.75) is 19.3 Å². The molecule has 0 saturated carbocycles. The van der Waals surface area contributed by atoms with E-state index in [2.05, 4.69) is 20.9 Å². The molecule has 0 radical (unpaired) electrons. The molecule has 2 aromatic rings. The first kappa shape index (κ1) is 14.5. The van der Waals surface area contributed by atoms with E-state index in [1.807, 2.05) is 18.2 Å². The first-order chi connectivity index (χ1) is 8.82. The van der Waals surface area contributed by atoms with Crippen molar-refractivity contribution in [3.63, 3.8) is 0 Å². The minimum atomic E-state index is -0.992. The third-order valence-electron chi connectivity index (χ3n) is 2.85. The maximum absolute atomic E-state index is 11.2. The molecule has 0 saturated heterocycles. The van der Waals surface area contributed by atoms with E-state index in [-0.39, 0.29) is 0 Å². The predicted octanol–water partition coefficient (Wildman–Crippen LogP) is 4.59. The summed E-state index contributed by atoms with van der Waals surface area (Å²) in [5.41, 5.74) is 0.443. The summed E-state index contributed by atoms with van der Waals surface area (Å²) in [4.78, 5) is 15.6. The minimum Gasteiger partial charge on any atom is -0.481 e. The number of hydrogen-bond donors (Lipinski definition) is 1. The van der Waals surface area contributed by atoms with E-state index < -0.39 is 11.4 Å².